The Labute approximate surface area is 220 Å². The van der Waals surface area contributed by atoms with Crippen LogP contribution >= 0.6 is 27.3 Å². The average molecular weight is 593 g/mol. The Kier molecular flexibility index (Phi) is 10.1. The molecule has 0 saturated heterocycles. The van der Waals surface area contributed by atoms with E-state index in [-0.39, 0.29) is 25.5 Å². The minimum Gasteiger partial charge on any atom is -0.465 e. The number of hydrogen-bond donors (Lipinski definition) is 0. The lowest BCUT2D eigenvalue weighted by molar-refractivity contribution is -0.159. The monoisotopic (exact) mass is 592 g/mol. The molecule has 1 atom stereocenters. The highest BCUT2D eigenvalue weighted by atomic mass is 79.9. The molecule has 0 bridgehead atoms. The maximum Gasteiger partial charge on any atom is 0.416 e. The zero-order valence-electron chi connectivity index (χ0n) is 20.6. The van der Waals surface area contributed by atoms with E-state index in [1.54, 1.807) is 20.8 Å². The summed E-state index contributed by atoms with van der Waals surface area (Å²) in [6.45, 7) is 7.77. The molecule has 0 spiro atoms. The van der Waals surface area contributed by atoms with E-state index in [0.29, 0.717) is 26.6 Å². The molecular weight excluding hydrogens is 565 g/mol. The number of alkyl halides is 3. The number of thiazole rings is 1. The predicted molar refractivity (Wildman–Crippen MR) is 133 cm³/mol. The maximum absolute atomic E-state index is 13.0. The van der Waals surface area contributed by atoms with E-state index in [2.05, 4.69) is 20.9 Å². The molecule has 7 nitrogen and oxygen atoms in total. The highest BCUT2D eigenvalue weighted by Crippen LogP contribution is 2.33. The van der Waals surface area contributed by atoms with Crippen LogP contribution in [-0.4, -0.2) is 41.6 Å². The van der Waals surface area contributed by atoms with Crippen molar-refractivity contribution in [3.05, 3.63) is 44.9 Å². The van der Waals surface area contributed by atoms with Crippen molar-refractivity contribution in [2.24, 2.45) is 5.92 Å². The molecule has 1 heterocycles. The summed E-state index contributed by atoms with van der Waals surface area (Å²) < 4.78 is 50.0. The zero-order chi connectivity index (χ0) is 27.3. The van der Waals surface area contributed by atoms with Crippen LogP contribution in [0.1, 0.15) is 51.4 Å². The normalized spacial score (nSPS) is 12.7. The Hall–Kier alpha value is -2.47. The van der Waals surface area contributed by atoms with Crippen LogP contribution in [0.2, 0.25) is 0 Å². The fraction of sp³-hybridized carbons (Fsp3) is 0.500. The Morgan fingerprint density at radius 2 is 1.72 bits per heavy atom. The second kappa shape index (κ2) is 12.2. The lowest BCUT2D eigenvalue weighted by Gasteiger charge is -2.27. The van der Waals surface area contributed by atoms with Crippen molar-refractivity contribution >= 4 is 50.2 Å². The summed E-state index contributed by atoms with van der Waals surface area (Å²) in [5.41, 5.74) is -0.520. The first kappa shape index (κ1) is 29.8. The molecule has 0 aliphatic carbocycles. The molecule has 0 radical (unpaired) electrons. The van der Waals surface area contributed by atoms with Gasteiger partial charge >= 0.3 is 18.1 Å². The van der Waals surface area contributed by atoms with Crippen molar-refractivity contribution in [2.45, 2.75) is 59.2 Å². The SMILES string of the molecule is CC(=O)OCCc1nc(N(CC(Cc2ccc(C(F)(F)F)cc2)C(=O)OC(C)(C)C)C(C)=O)sc1Br. The predicted octanol–water partition coefficient (Wildman–Crippen LogP) is 5.58. The number of halogens is 4. The van der Waals surface area contributed by atoms with Gasteiger partial charge < -0.3 is 9.47 Å². The van der Waals surface area contributed by atoms with Gasteiger partial charge in [-0.2, -0.15) is 13.2 Å². The summed E-state index contributed by atoms with van der Waals surface area (Å²) in [6, 6.07) is 4.53. The molecule has 0 N–H and O–H groups in total. The van der Waals surface area contributed by atoms with Crippen LogP contribution in [0.3, 0.4) is 0 Å². The maximum atomic E-state index is 13.0. The van der Waals surface area contributed by atoms with Gasteiger partial charge in [-0.25, -0.2) is 4.98 Å². The summed E-state index contributed by atoms with van der Waals surface area (Å²) in [6.07, 6.45) is -4.09. The van der Waals surface area contributed by atoms with E-state index in [9.17, 15) is 27.6 Å². The van der Waals surface area contributed by atoms with E-state index in [1.807, 2.05) is 0 Å². The van der Waals surface area contributed by atoms with Crippen molar-refractivity contribution in [3.63, 3.8) is 0 Å². The molecule has 0 aliphatic heterocycles. The smallest absolute Gasteiger partial charge is 0.416 e. The molecule has 2 rings (SSSR count). The third-order valence-electron chi connectivity index (χ3n) is 4.80. The molecule has 2 aromatic rings. The van der Waals surface area contributed by atoms with Gasteiger partial charge in [0, 0.05) is 26.8 Å². The van der Waals surface area contributed by atoms with Crippen LogP contribution in [0.4, 0.5) is 18.3 Å². The standard InChI is InChI=1S/C24H28BrF3N2O5S/c1-14(31)30(22-29-19(20(25)36-22)10-11-34-15(2)32)13-17(21(33)35-23(3,4)5)12-16-6-8-18(9-7-16)24(26,27)28/h6-9,17H,10-13H2,1-5H3. The Bertz CT molecular complexity index is 1080. The van der Waals surface area contributed by atoms with Crippen molar-refractivity contribution in [2.75, 3.05) is 18.1 Å². The molecule has 198 valence electrons. The molecule has 0 aliphatic rings. The van der Waals surface area contributed by atoms with Crippen molar-refractivity contribution < 1.29 is 37.0 Å². The van der Waals surface area contributed by atoms with Gasteiger partial charge in [-0.3, -0.25) is 19.3 Å². The van der Waals surface area contributed by atoms with Gasteiger partial charge in [-0.05, 0) is 60.8 Å². The van der Waals surface area contributed by atoms with Gasteiger partial charge in [0.1, 0.15) is 5.60 Å². The Morgan fingerprint density at radius 1 is 1.11 bits per heavy atom. The number of hydrogen-bond acceptors (Lipinski definition) is 7. The third kappa shape index (κ3) is 9.20. The van der Waals surface area contributed by atoms with Crippen molar-refractivity contribution in [1.82, 2.24) is 4.98 Å². The second-order valence-corrected chi connectivity index (χ2v) is 11.4. The van der Waals surface area contributed by atoms with Crippen LogP contribution in [0, 0.1) is 5.92 Å². The van der Waals surface area contributed by atoms with Crippen LogP contribution in [0.15, 0.2) is 28.1 Å². The number of amides is 1. The quantitative estimate of drug-likeness (QED) is 0.353. The number of carbonyl (C=O) groups excluding carboxylic acids is 3. The largest absolute Gasteiger partial charge is 0.465 e. The number of esters is 2. The van der Waals surface area contributed by atoms with Crippen molar-refractivity contribution in [3.8, 4) is 0 Å². The zero-order valence-corrected chi connectivity index (χ0v) is 23.0. The number of benzene rings is 1. The molecular formula is C24H28BrF3N2O5S. The fourth-order valence-electron chi connectivity index (χ4n) is 3.17. The molecule has 1 unspecified atom stereocenters. The number of nitrogens with zero attached hydrogens (tertiary/aromatic N) is 2. The summed E-state index contributed by atoms with van der Waals surface area (Å²) in [4.78, 5) is 42.4. The van der Waals surface area contributed by atoms with Crippen LogP contribution in [-0.2, 0) is 42.9 Å². The Balaban J connectivity index is 2.31. The van der Waals surface area contributed by atoms with Crippen LogP contribution in [0.5, 0.6) is 0 Å². The van der Waals surface area contributed by atoms with E-state index >= 15 is 0 Å². The highest BCUT2D eigenvalue weighted by molar-refractivity contribution is 9.11. The van der Waals surface area contributed by atoms with Crippen molar-refractivity contribution in [1.29, 1.82) is 0 Å². The first-order valence-corrected chi connectivity index (χ1v) is 12.6. The number of ether oxygens (including phenoxy) is 2. The summed E-state index contributed by atoms with van der Waals surface area (Å²) in [7, 11) is 0. The lowest BCUT2D eigenvalue weighted by atomic mass is 9.97. The van der Waals surface area contributed by atoms with Gasteiger partial charge in [0.25, 0.3) is 0 Å². The second-order valence-electron chi connectivity index (χ2n) is 9.07. The summed E-state index contributed by atoms with van der Waals surface area (Å²) in [5, 5.41) is 0.327. The molecule has 1 aromatic carbocycles. The minimum atomic E-state index is -4.47. The number of anilines is 1. The van der Waals surface area contributed by atoms with Gasteiger partial charge in [0.2, 0.25) is 5.91 Å². The van der Waals surface area contributed by atoms with E-state index in [0.717, 1.165) is 12.1 Å². The fourth-order valence-corrected chi connectivity index (χ4v) is 4.78. The van der Waals surface area contributed by atoms with E-state index in [4.69, 9.17) is 9.47 Å². The van der Waals surface area contributed by atoms with E-state index in [1.165, 1.54) is 42.2 Å². The molecule has 0 fully saturated rings. The third-order valence-corrected chi connectivity index (χ3v) is 6.65. The summed E-state index contributed by atoms with van der Waals surface area (Å²) >= 11 is 4.59. The molecule has 1 aromatic heterocycles. The summed E-state index contributed by atoms with van der Waals surface area (Å²) in [5.74, 6) is -2.24. The Morgan fingerprint density at radius 3 is 2.22 bits per heavy atom. The topological polar surface area (TPSA) is 85.8 Å². The van der Waals surface area contributed by atoms with Gasteiger partial charge in [-0.15, -0.1) is 0 Å². The molecule has 36 heavy (non-hydrogen) atoms. The number of rotatable bonds is 9. The van der Waals surface area contributed by atoms with Gasteiger partial charge in [-0.1, -0.05) is 23.5 Å². The minimum absolute atomic E-state index is 0.0582. The molecule has 1 amide bonds. The molecule has 0 saturated carbocycles. The van der Waals surface area contributed by atoms with Crippen LogP contribution in [0.25, 0.3) is 0 Å². The highest BCUT2D eigenvalue weighted by Gasteiger charge is 2.32. The van der Waals surface area contributed by atoms with E-state index < -0.39 is 35.2 Å². The van der Waals surface area contributed by atoms with Crippen LogP contribution < -0.4 is 4.90 Å². The van der Waals surface area contributed by atoms with Gasteiger partial charge in [0.15, 0.2) is 5.13 Å². The lowest BCUT2D eigenvalue weighted by Crippen LogP contribution is -2.40. The number of carbonyl (C=O) groups is 3. The first-order valence-electron chi connectivity index (χ1n) is 11.0. The average Bonchev–Trinajstić information content (AvgIpc) is 3.09. The first-order chi connectivity index (χ1) is 16.6. The van der Waals surface area contributed by atoms with Gasteiger partial charge in [0.05, 0.1) is 27.6 Å². The molecule has 12 heteroatoms. The number of aromatic nitrogens is 1.